The van der Waals surface area contributed by atoms with E-state index in [0.717, 1.165) is 5.39 Å². The molecule has 0 aliphatic rings. The Bertz CT molecular complexity index is 967. The Kier molecular flexibility index (Phi) is 3.90. The van der Waals surface area contributed by atoms with E-state index in [4.69, 9.17) is 9.68 Å². The lowest BCUT2D eigenvalue weighted by Crippen LogP contribution is -2.26. The van der Waals surface area contributed by atoms with E-state index in [1.807, 2.05) is 36.4 Å². The van der Waals surface area contributed by atoms with E-state index in [-0.39, 0.29) is 4.90 Å². The van der Waals surface area contributed by atoms with E-state index in [1.165, 1.54) is 12.1 Å². The Hall–Kier alpha value is -2.62. The van der Waals surface area contributed by atoms with Crippen molar-refractivity contribution in [1.29, 1.82) is 5.26 Å². The molecule has 0 saturated carbocycles. The van der Waals surface area contributed by atoms with Gasteiger partial charge in [0.15, 0.2) is 0 Å². The van der Waals surface area contributed by atoms with E-state index in [0.29, 0.717) is 16.9 Å². The first-order valence-electron chi connectivity index (χ1n) is 7.00. The van der Waals surface area contributed by atoms with E-state index in [9.17, 15) is 8.42 Å². The summed E-state index contributed by atoms with van der Waals surface area (Å²) < 4.78 is 33.1. The summed E-state index contributed by atoms with van der Waals surface area (Å²) in [5, 5.41) is 9.80. The summed E-state index contributed by atoms with van der Waals surface area (Å²) in [6.45, 7) is 1.71. The topological polar surface area (TPSA) is 83.1 Å². The first kappa shape index (κ1) is 15.3. The van der Waals surface area contributed by atoms with Gasteiger partial charge in [0.25, 0.3) is 0 Å². The van der Waals surface area contributed by atoms with Crippen LogP contribution in [0.15, 0.2) is 63.9 Å². The minimum Gasteiger partial charge on any atom is -0.459 e. The van der Waals surface area contributed by atoms with Gasteiger partial charge >= 0.3 is 0 Å². The van der Waals surface area contributed by atoms with E-state index in [2.05, 4.69) is 4.72 Å². The Labute approximate surface area is 134 Å². The van der Waals surface area contributed by atoms with Gasteiger partial charge in [-0.2, -0.15) is 5.26 Å². The monoisotopic (exact) mass is 326 g/mol. The van der Waals surface area contributed by atoms with Crippen LogP contribution in [0.5, 0.6) is 0 Å². The van der Waals surface area contributed by atoms with Crippen molar-refractivity contribution in [2.75, 3.05) is 0 Å². The van der Waals surface area contributed by atoms with Crippen LogP contribution in [-0.4, -0.2) is 8.42 Å². The molecule has 0 aliphatic heterocycles. The highest BCUT2D eigenvalue weighted by Crippen LogP contribution is 2.25. The van der Waals surface area contributed by atoms with Gasteiger partial charge in [-0.25, -0.2) is 13.1 Å². The average Bonchev–Trinajstić information content (AvgIpc) is 2.99. The van der Waals surface area contributed by atoms with Crippen LogP contribution >= 0.6 is 0 Å². The van der Waals surface area contributed by atoms with Crippen LogP contribution < -0.4 is 4.72 Å². The maximum atomic E-state index is 12.4. The summed E-state index contributed by atoms with van der Waals surface area (Å²) in [7, 11) is -3.74. The molecule has 116 valence electrons. The molecular formula is C17H14N2O3S. The van der Waals surface area contributed by atoms with Crippen molar-refractivity contribution in [3.8, 4) is 6.07 Å². The summed E-state index contributed by atoms with van der Waals surface area (Å²) in [5.41, 5.74) is 1.00. The quantitative estimate of drug-likeness (QED) is 0.797. The molecule has 2 aromatic carbocycles. The van der Waals surface area contributed by atoms with Gasteiger partial charge in [0, 0.05) is 5.39 Å². The number of rotatable bonds is 4. The molecule has 3 rings (SSSR count). The van der Waals surface area contributed by atoms with Gasteiger partial charge in [0.1, 0.15) is 11.3 Å². The Morgan fingerprint density at radius 2 is 1.91 bits per heavy atom. The number of fused-ring (bicyclic) bond motifs is 1. The molecule has 0 aliphatic carbocycles. The third-order valence-corrected chi connectivity index (χ3v) is 5.02. The second-order valence-electron chi connectivity index (χ2n) is 5.17. The molecule has 23 heavy (non-hydrogen) atoms. The van der Waals surface area contributed by atoms with Gasteiger partial charge in [-0.1, -0.05) is 24.3 Å². The zero-order valence-electron chi connectivity index (χ0n) is 12.4. The van der Waals surface area contributed by atoms with Gasteiger partial charge < -0.3 is 4.42 Å². The highest BCUT2D eigenvalue weighted by atomic mass is 32.2. The van der Waals surface area contributed by atoms with Crippen LogP contribution in [0.1, 0.15) is 24.3 Å². The molecular weight excluding hydrogens is 312 g/mol. The van der Waals surface area contributed by atoms with Crippen molar-refractivity contribution < 1.29 is 12.8 Å². The number of hydrogen-bond donors (Lipinski definition) is 1. The van der Waals surface area contributed by atoms with Crippen LogP contribution in [0.25, 0.3) is 11.0 Å². The fraction of sp³-hybridized carbons (Fsp3) is 0.118. The highest BCUT2D eigenvalue weighted by molar-refractivity contribution is 7.89. The fourth-order valence-electron chi connectivity index (χ4n) is 2.31. The number of nitrogens with zero attached hydrogens (tertiary/aromatic N) is 1. The predicted molar refractivity (Wildman–Crippen MR) is 86.1 cm³/mol. The molecule has 0 bridgehead atoms. The Morgan fingerprint density at radius 3 is 2.65 bits per heavy atom. The lowest BCUT2D eigenvalue weighted by atomic mass is 10.2. The van der Waals surface area contributed by atoms with Crippen LogP contribution in [0, 0.1) is 11.3 Å². The second-order valence-corrected chi connectivity index (χ2v) is 6.88. The van der Waals surface area contributed by atoms with Crippen LogP contribution in [0.4, 0.5) is 0 Å². The summed E-state index contributed by atoms with van der Waals surface area (Å²) in [6.07, 6.45) is 0. The molecule has 0 radical (unpaired) electrons. The molecule has 0 saturated heterocycles. The van der Waals surface area contributed by atoms with Crippen molar-refractivity contribution in [3.05, 3.63) is 65.9 Å². The summed E-state index contributed by atoms with van der Waals surface area (Å²) in [4.78, 5) is 0.0551. The number of benzene rings is 2. The van der Waals surface area contributed by atoms with Gasteiger partial charge in [0.05, 0.1) is 22.6 Å². The normalized spacial score (nSPS) is 12.9. The molecule has 1 atom stereocenters. The first-order chi connectivity index (χ1) is 11.0. The minimum absolute atomic E-state index is 0.0551. The maximum Gasteiger partial charge on any atom is 0.241 e. The van der Waals surface area contributed by atoms with Crippen LogP contribution in [-0.2, 0) is 10.0 Å². The standard InChI is InChI=1S/C17H14N2O3S/c1-12(17-10-14-6-2-3-8-16(14)22-17)19-23(20,21)15-7-4-5-13(9-15)11-18/h2-10,12,19H,1H3/t12-/m1/s1. The number of hydrogen-bond acceptors (Lipinski definition) is 4. The van der Waals surface area contributed by atoms with Gasteiger partial charge in [0.2, 0.25) is 10.0 Å². The average molecular weight is 326 g/mol. The molecule has 6 heteroatoms. The van der Waals surface area contributed by atoms with Gasteiger partial charge in [-0.05, 0) is 37.3 Å². The largest absolute Gasteiger partial charge is 0.459 e. The third kappa shape index (κ3) is 3.11. The summed E-state index contributed by atoms with van der Waals surface area (Å²) in [5.74, 6) is 0.534. The lowest BCUT2D eigenvalue weighted by Gasteiger charge is -2.12. The molecule has 0 fully saturated rings. The SMILES string of the molecule is C[C@@H](NS(=O)(=O)c1cccc(C#N)c1)c1cc2ccccc2o1. The molecule has 5 nitrogen and oxygen atoms in total. The van der Waals surface area contributed by atoms with Crippen LogP contribution in [0.3, 0.4) is 0 Å². The number of furan rings is 1. The first-order valence-corrected chi connectivity index (χ1v) is 8.49. The zero-order valence-corrected chi connectivity index (χ0v) is 13.2. The molecule has 1 heterocycles. The van der Waals surface area contributed by atoms with E-state index < -0.39 is 16.1 Å². The van der Waals surface area contributed by atoms with Crippen molar-refractivity contribution in [3.63, 3.8) is 0 Å². The van der Waals surface area contributed by atoms with Crippen molar-refractivity contribution in [1.82, 2.24) is 4.72 Å². The highest BCUT2D eigenvalue weighted by Gasteiger charge is 2.21. The number of sulfonamides is 1. The Balaban J connectivity index is 1.88. The molecule has 0 unspecified atom stereocenters. The van der Waals surface area contributed by atoms with Crippen molar-refractivity contribution >= 4 is 21.0 Å². The maximum absolute atomic E-state index is 12.4. The van der Waals surface area contributed by atoms with Crippen LogP contribution in [0.2, 0.25) is 0 Å². The lowest BCUT2D eigenvalue weighted by molar-refractivity contribution is 0.484. The summed E-state index contributed by atoms with van der Waals surface area (Å²) >= 11 is 0. The third-order valence-electron chi connectivity index (χ3n) is 3.48. The van der Waals surface area contributed by atoms with Gasteiger partial charge in [-0.15, -0.1) is 0 Å². The number of nitriles is 1. The zero-order chi connectivity index (χ0) is 16.4. The summed E-state index contributed by atoms with van der Waals surface area (Å²) in [6, 6.07) is 16.6. The smallest absolute Gasteiger partial charge is 0.241 e. The molecule has 0 amide bonds. The van der Waals surface area contributed by atoms with Gasteiger partial charge in [-0.3, -0.25) is 0 Å². The number of nitrogens with one attached hydrogen (secondary N) is 1. The molecule has 3 aromatic rings. The predicted octanol–water partition coefficient (Wildman–Crippen LogP) is 3.34. The Morgan fingerprint density at radius 1 is 1.13 bits per heavy atom. The molecule has 0 spiro atoms. The number of para-hydroxylation sites is 1. The van der Waals surface area contributed by atoms with Crippen molar-refractivity contribution in [2.24, 2.45) is 0 Å². The fourth-order valence-corrected chi connectivity index (χ4v) is 3.56. The minimum atomic E-state index is -3.74. The molecule has 1 N–H and O–H groups in total. The second kappa shape index (κ2) is 5.88. The molecule has 1 aromatic heterocycles. The van der Waals surface area contributed by atoms with E-state index >= 15 is 0 Å². The van der Waals surface area contributed by atoms with Crippen molar-refractivity contribution in [2.45, 2.75) is 17.9 Å². The van der Waals surface area contributed by atoms with E-state index in [1.54, 1.807) is 19.1 Å².